The summed E-state index contributed by atoms with van der Waals surface area (Å²) in [6, 6.07) is 8.27. The molecule has 2 saturated heterocycles. The second-order valence-electron chi connectivity index (χ2n) is 6.16. The highest BCUT2D eigenvalue weighted by atomic mass is 16.5. The van der Waals surface area contributed by atoms with Crippen molar-refractivity contribution >= 4 is 5.91 Å². The van der Waals surface area contributed by atoms with Gasteiger partial charge in [-0.15, -0.1) is 0 Å². The van der Waals surface area contributed by atoms with Gasteiger partial charge in [0.25, 0.3) is 0 Å². The normalized spacial score (nSPS) is 29.3. The summed E-state index contributed by atoms with van der Waals surface area (Å²) in [5.41, 5.74) is 2.39. The Hall–Kier alpha value is -1.39. The molecule has 4 heteroatoms. The topological polar surface area (TPSA) is 41.6 Å². The van der Waals surface area contributed by atoms with E-state index >= 15 is 0 Å². The number of ether oxygens (including phenoxy) is 1. The van der Waals surface area contributed by atoms with E-state index in [1.165, 1.54) is 11.1 Å². The fourth-order valence-electron chi connectivity index (χ4n) is 3.28. The first-order valence-electron chi connectivity index (χ1n) is 7.90. The van der Waals surface area contributed by atoms with Crippen molar-refractivity contribution in [3.63, 3.8) is 0 Å². The molecule has 3 rings (SSSR count). The Morgan fingerprint density at radius 2 is 2.29 bits per heavy atom. The zero-order valence-electron chi connectivity index (χ0n) is 12.8. The second-order valence-corrected chi connectivity index (χ2v) is 6.16. The van der Waals surface area contributed by atoms with Gasteiger partial charge in [0.15, 0.2) is 0 Å². The van der Waals surface area contributed by atoms with Gasteiger partial charge in [0.1, 0.15) is 6.17 Å². The van der Waals surface area contributed by atoms with Crippen LogP contribution in [0.25, 0.3) is 0 Å². The van der Waals surface area contributed by atoms with Crippen LogP contribution >= 0.6 is 0 Å². The van der Waals surface area contributed by atoms with Crippen molar-refractivity contribution in [1.82, 2.24) is 10.2 Å². The number of rotatable bonds is 4. The van der Waals surface area contributed by atoms with Crippen LogP contribution in [0.5, 0.6) is 0 Å². The van der Waals surface area contributed by atoms with E-state index in [1.54, 1.807) is 0 Å². The molecular formula is C17H24N2O2. The third-order valence-corrected chi connectivity index (χ3v) is 4.45. The quantitative estimate of drug-likeness (QED) is 0.925. The molecule has 1 aromatic rings. The number of aryl methyl sites for hydroxylation is 1. The summed E-state index contributed by atoms with van der Waals surface area (Å²) < 4.78 is 5.68. The molecule has 2 fully saturated rings. The largest absolute Gasteiger partial charge is 0.378 e. The molecule has 0 spiro atoms. The lowest BCUT2D eigenvalue weighted by molar-refractivity contribution is -0.130. The molecule has 0 bridgehead atoms. The highest BCUT2D eigenvalue weighted by Crippen LogP contribution is 2.27. The Labute approximate surface area is 126 Å². The Morgan fingerprint density at radius 1 is 1.43 bits per heavy atom. The predicted octanol–water partition coefficient (Wildman–Crippen LogP) is 2.38. The number of nitrogens with one attached hydrogen (secondary N) is 1. The van der Waals surface area contributed by atoms with Gasteiger partial charge in [-0.1, -0.05) is 29.8 Å². The van der Waals surface area contributed by atoms with E-state index in [2.05, 4.69) is 36.5 Å². The van der Waals surface area contributed by atoms with Crippen molar-refractivity contribution in [1.29, 1.82) is 0 Å². The number of amides is 1. The summed E-state index contributed by atoms with van der Waals surface area (Å²) in [4.78, 5) is 14.4. The van der Waals surface area contributed by atoms with Crippen LogP contribution in [-0.4, -0.2) is 36.1 Å². The molecule has 3 atom stereocenters. The van der Waals surface area contributed by atoms with E-state index < -0.39 is 0 Å². The van der Waals surface area contributed by atoms with Crippen LogP contribution < -0.4 is 5.32 Å². The Kier molecular flexibility index (Phi) is 4.27. The van der Waals surface area contributed by atoms with Crippen LogP contribution in [0.4, 0.5) is 0 Å². The summed E-state index contributed by atoms with van der Waals surface area (Å²) >= 11 is 0. The third-order valence-electron chi connectivity index (χ3n) is 4.45. The minimum Gasteiger partial charge on any atom is -0.378 e. The van der Waals surface area contributed by atoms with Crippen molar-refractivity contribution < 1.29 is 9.53 Å². The average molecular weight is 288 g/mol. The monoisotopic (exact) mass is 288 g/mol. The van der Waals surface area contributed by atoms with Gasteiger partial charge in [-0.05, 0) is 38.7 Å². The first-order valence-corrected chi connectivity index (χ1v) is 7.90. The molecule has 0 saturated carbocycles. The number of carbonyl (C=O) groups excluding carboxylic acids is 1. The molecule has 114 valence electrons. The molecule has 2 heterocycles. The highest BCUT2D eigenvalue weighted by molar-refractivity contribution is 5.84. The maximum atomic E-state index is 12.4. The number of hydrogen-bond donors (Lipinski definition) is 1. The van der Waals surface area contributed by atoms with E-state index in [9.17, 15) is 4.79 Å². The molecule has 0 aliphatic carbocycles. The molecule has 3 unspecified atom stereocenters. The molecule has 2 aliphatic rings. The summed E-state index contributed by atoms with van der Waals surface area (Å²) in [6.45, 7) is 5.66. The van der Waals surface area contributed by atoms with E-state index in [-0.39, 0.29) is 18.1 Å². The van der Waals surface area contributed by atoms with Crippen LogP contribution in [0.15, 0.2) is 24.3 Å². The lowest BCUT2D eigenvalue weighted by Crippen LogP contribution is -2.33. The molecule has 0 aromatic heterocycles. The summed E-state index contributed by atoms with van der Waals surface area (Å²) in [6.07, 6.45) is 3.53. The standard InChI is InChI=1S/C17H24N2O2/c1-12-5-3-6-14(11-12)16-18-13(2)17(20)19(16)9-8-15-7-4-10-21-15/h3,5-6,11,13,15-16,18H,4,7-10H2,1-2H3. The van der Waals surface area contributed by atoms with Gasteiger partial charge in [0.2, 0.25) is 5.91 Å². The summed E-state index contributed by atoms with van der Waals surface area (Å²) in [5.74, 6) is 0.194. The fourth-order valence-corrected chi connectivity index (χ4v) is 3.28. The molecule has 4 nitrogen and oxygen atoms in total. The Bertz CT molecular complexity index is 511. The molecule has 0 radical (unpaired) electrons. The summed E-state index contributed by atoms with van der Waals surface area (Å²) in [5, 5.41) is 3.41. The van der Waals surface area contributed by atoms with Crippen LogP contribution in [-0.2, 0) is 9.53 Å². The van der Waals surface area contributed by atoms with Gasteiger partial charge in [-0.2, -0.15) is 0 Å². The van der Waals surface area contributed by atoms with Gasteiger partial charge in [0.05, 0.1) is 12.1 Å². The third kappa shape index (κ3) is 3.11. The van der Waals surface area contributed by atoms with Crippen molar-refractivity contribution in [2.75, 3.05) is 13.2 Å². The number of benzene rings is 1. The van der Waals surface area contributed by atoms with Crippen LogP contribution in [0.3, 0.4) is 0 Å². The first kappa shape index (κ1) is 14.5. The van der Waals surface area contributed by atoms with Crippen molar-refractivity contribution in [3.8, 4) is 0 Å². The average Bonchev–Trinajstić information content (AvgIpc) is 3.07. The number of carbonyl (C=O) groups is 1. The van der Waals surface area contributed by atoms with Crippen LogP contribution in [0.2, 0.25) is 0 Å². The fraction of sp³-hybridized carbons (Fsp3) is 0.588. The Morgan fingerprint density at radius 3 is 3.00 bits per heavy atom. The van der Waals surface area contributed by atoms with Gasteiger partial charge in [-0.3, -0.25) is 10.1 Å². The van der Waals surface area contributed by atoms with Crippen molar-refractivity contribution in [2.24, 2.45) is 0 Å². The van der Waals surface area contributed by atoms with Gasteiger partial charge >= 0.3 is 0 Å². The first-order chi connectivity index (χ1) is 10.1. The predicted molar refractivity (Wildman–Crippen MR) is 81.8 cm³/mol. The van der Waals surface area contributed by atoms with E-state index in [1.807, 2.05) is 11.8 Å². The van der Waals surface area contributed by atoms with Crippen molar-refractivity contribution in [3.05, 3.63) is 35.4 Å². The van der Waals surface area contributed by atoms with Crippen LogP contribution in [0.1, 0.15) is 43.5 Å². The van der Waals surface area contributed by atoms with Gasteiger partial charge < -0.3 is 9.64 Å². The minimum atomic E-state index is -0.111. The van der Waals surface area contributed by atoms with E-state index in [0.29, 0.717) is 6.10 Å². The lowest BCUT2D eigenvalue weighted by atomic mass is 10.1. The number of nitrogens with zero attached hydrogens (tertiary/aromatic N) is 1. The summed E-state index contributed by atoms with van der Waals surface area (Å²) in [7, 11) is 0. The molecular weight excluding hydrogens is 264 g/mol. The molecule has 1 N–H and O–H groups in total. The molecule has 21 heavy (non-hydrogen) atoms. The zero-order valence-corrected chi connectivity index (χ0v) is 12.8. The maximum absolute atomic E-state index is 12.4. The molecule has 1 aromatic carbocycles. The van der Waals surface area contributed by atoms with E-state index in [0.717, 1.165) is 32.4 Å². The molecule has 2 aliphatic heterocycles. The lowest BCUT2D eigenvalue weighted by Gasteiger charge is -2.26. The smallest absolute Gasteiger partial charge is 0.241 e. The highest BCUT2D eigenvalue weighted by Gasteiger charge is 2.37. The number of hydrogen-bond acceptors (Lipinski definition) is 3. The van der Waals surface area contributed by atoms with Gasteiger partial charge in [0, 0.05) is 13.2 Å². The Balaban J connectivity index is 1.72. The minimum absolute atomic E-state index is 0.00574. The maximum Gasteiger partial charge on any atom is 0.241 e. The zero-order chi connectivity index (χ0) is 14.8. The SMILES string of the molecule is Cc1cccc(C2NC(C)C(=O)N2CCC2CCCO2)c1. The molecule has 1 amide bonds. The second kappa shape index (κ2) is 6.16. The van der Waals surface area contributed by atoms with Crippen LogP contribution in [0, 0.1) is 6.92 Å². The van der Waals surface area contributed by atoms with Crippen molar-refractivity contribution in [2.45, 2.75) is 51.4 Å². The van der Waals surface area contributed by atoms with Gasteiger partial charge in [-0.25, -0.2) is 0 Å². The van der Waals surface area contributed by atoms with E-state index in [4.69, 9.17) is 4.74 Å².